The Hall–Kier alpha value is -2.16. The van der Waals surface area contributed by atoms with Crippen molar-refractivity contribution in [1.29, 1.82) is 0 Å². The molecule has 16 heavy (non-hydrogen) atoms. The van der Waals surface area contributed by atoms with E-state index in [4.69, 9.17) is 0 Å². The number of rotatable bonds is 1. The monoisotopic (exact) mass is 209 g/mol. The smallest absolute Gasteiger partial charge is 0.143 e. The third-order valence-corrected chi connectivity index (χ3v) is 2.71. The minimum atomic E-state index is 0.967. The largest absolute Gasteiger partial charge is 0.335 e. The van der Waals surface area contributed by atoms with E-state index in [2.05, 4.69) is 28.2 Å². The zero-order chi connectivity index (χ0) is 11.0. The van der Waals surface area contributed by atoms with Crippen LogP contribution in [-0.4, -0.2) is 14.5 Å². The lowest BCUT2D eigenvalue weighted by Gasteiger charge is -2.02. The number of hydrogen-bond acceptors (Lipinski definition) is 2. The molecule has 78 valence electrons. The number of aromatic nitrogens is 3. The summed E-state index contributed by atoms with van der Waals surface area (Å²) < 4.78 is 2.00. The van der Waals surface area contributed by atoms with Crippen molar-refractivity contribution in [3.05, 3.63) is 48.9 Å². The molecule has 0 amide bonds. The summed E-state index contributed by atoms with van der Waals surface area (Å²) in [7, 11) is 1.99. The van der Waals surface area contributed by atoms with Crippen LogP contribution in [0.5, 0.6) is 0 Å². The SMILES string of the molecule is Cn1ccc2c(-c3ccccc3)ncnc21. The molecule has 0 N–H and O–H groups in total. The van der Waals surface area contributed by atoms with Gasteiger partial charge >= 0.3 is 0 Å². The quantitative estimate of drug-likeness (QED) is 0.616. The van der Waals surface area contributed by atoms with Crippen molar-refractivity contribution in [2.24, 2.45) is 7.05 Å². The molecule has 0 saturated carbocycles. The minimum absolute atomic E-state index is 0.967. The zero-order valence-corrected chi connectivity index (χ0v) is 8.96. The third-order valence-electron chi connectivity index (χ3n) is 2.71. The molecule has 0 radical (unpaired) electrons. The van der Waals surface area contributed by atoms with Crippen molar-refractivity contribution in [1.82, 2.24) is 14.5 Å². The zero-order valence-electron chi connectivity index (χ0n) is 8.96. The van der Waals surface area contributed by atoms with Crippen LogP contribution in [-0.2, 0) is 7.05 Å². The van der Waals surface area contributed by atoms with Crippen LogP contribution in [0.4, 0.5) is 0 Å². The van der Waals surface area contributed by atoms with Crippen LogP contribution in [0.2, 0.25) is 0 Å². The molecule has 0 aliphatic rings. The van der Waals surface area contributed by atoms with Crippen molar-refractivity contribution < 1.29 is 0 Å². The Bertz CT molecular complexity index is 626. The Kier molecular flexibility index (Phi) is 1.96. The van der Waals surface area contributed by atoms with Gasteiger partial charge in [-0.25, -0.2) is 9.97 Å². The van der Waals surface area contributed by atoms with E-state index in [-0.39, 0.29) is 0 Å². The number of hydrogen-bond donors (Lipinski definition) is 0. The number of benzene rings is 1. The first-order valence-electron chi connectivity index (χ1n) is 5.18. The summed E-state index contributed by atoms with van der Waals surface area (Å²) in [6, 6.07) is 12.2. The van der Waals surface area contributed by atoms with E-state index in [9.17, 15) is 0 Å². The maximum atomic E-state index is 4.37. The number of aryl methyl sites for hydroxylation is 1. The van der Waals surface area contributed by atoms with Crippen LogP contribution in [0.1, 0.15) is 0 Å². The second kappa shape index (κ2) is 3.45. The van der Waals surface area contributed by atoms with Gasteiger partial charge in [0.15, 0.2) is 0 Å². The van der Waals surface area contributed by atoms with Crippen LogP contribution >= 0.6 is 0 Å². The van der Waals surface area contributed by atoms with E-state index >= 15 is 0 Å². The summed E-state index contributed by atoms with van der Waals surface area (Å²) in [5, 5.41) is 1.09. The fraction of sp³-hybridized carbons (Fsp3) is 0.0769. The van der Waals surface area contributed by atoms with Gasteiger partial charge in [0.25, 0.3) is 0 Å². The van der Waals surface area contributed by atoms with Gasteiger partial charge in [0.2, 0.25) is 0 Å². The summed E-state index contributed by atoms with van der Waals surface area (Å²) in [4.78, 5) is 8.64. The van der Waals surface area contributed by atoms with Crippen LogP contribution in [0.25, 0.3) is 22.3 Å². The molecular weight excluding hydrogens is 198 g/mol. The molecule has 0 spiro atoms. The van der Waals surface area contributed by atoms with Crippen molar-refractivity contribution >= 4 is 11.0 Å². The van der Waals surface area contributed by atoms with E-state index < -0.39 is 0 Å². The first-order chi connectivity index (χ1) is 7.86. The van der Waals surface area contributed by atoms with Gasteiger partial charge < -0.3 is 4.57 Å². The molecular formula is C13H11N3. The lowest BCUT2D eigenvalue weighted by molar-refractivity contribution is 0.944. The van der Waals surface area contributed by atoms with Crippen LogP contribution in [0, 0.1) is 0 Å². The number of fused-ring (bicyclic) bond motifs is 1. The Morgan fingerprint density at radius 3 is 2.62 bits per heavy atom. The Labute approximate surface area is 93.4 Å². The fourth-order valence-electron chi connectivity index (χ4n) is 1.90. The second-order valence-corrected chi connectivity index (χ2v) is 3.75. The van der Waals surface area contributed by atoms with Gasteiger partial charge in [-0.1, -0.05) is 30.3 Å². The molecule has 0 fully saturated rings. The Balaban J connectivity index is 2.32. The Morgan fingerprint density at radius 1 is 1.00 bits per heavy atom. The highest BCUT2D eigenvalue weighted by atomic mass is 15.0. The Morgan fingerprint density at radius 2 is 1.81 bits per heavy atom. The van der Waals surface area contributed by atoms with Crippen molar-refractivity contribution in [3.8, 4) is 11.3 Å². The summed E-state index contributed by atoms with van der Waals surface area (Å²) in [5.74, 6) is 0. The molecule has 1 aromatic carbocycles. The predicted molar refractivity (Wildman–Crippen MR) is 63.9 cm³/mol. The predicted octanol–water partition coefficient (Wildman–Crippen LogP) is 2.64. The fourth-order valence-corrected chi connectivity index (χ4v) is 1.90. The molecule has 3 nitrogen and oxygen atoms in total. The molecule has 0 aliphatic carbocycles. The topological polar surface area (TPSA) is 30.7 Å². The van der Waals surface area contributed by atoms with E-state index in [1.807, 2.05) is 36.0 Å². The molecule has 0 bridgehead atoms. The first-order valence-corrected chi connectivity index (χ1v) is 5.18. The molecule has 0 atom stereocenters. The van der Waals surface area contributed by atoms with E-state index in [0.29, 0.717) is 0 Å². The van der Waals surface area contributed by atoms with Gasteiger partial charge in [-0.05, 0) is 6.07 Å². The molecule has 0 saturated heterocycles. The van der Waals surface area contributed by atoms with Gasteiger partial charge in [-0.2, -0.15) is 0 Å². The van der Waals surface area contributed by atoms with Crippen molar-refractivity contribution in [3.63, 3.8) is 0 Å². The van der Waals surface area contributed by atoms with E-state index in [1.54, 1.807) is 6.33 Å². The maximum Gasteiger partial charge on any atom is 0.143 e. The maximum absolute atomic E-state index is 4.37. The molecule has 0 aliphatic heterocycles. The summed E-state index contributed by atoms with van der Waals surface area (Å²) in [6.45, 7) is 0. The van der Waals surface area contributed by atoms with Crippen molar-refractivity contribution in [2.45, 2.75) is 0 Å². The van der Waals surface area contributed by atoms with Crippen molar-refractivity contribution in [2.75, 3.05) is 0 Å². The first kappa shape index (κ1) is 9.09. The normalized spacial score (nSPS) is 10.8. The van der Waals surface area contributed by atoms with Crippen LogP contribution in [0.15, 0.2) is 48.9 Å². The lowest BCUT2D eigenvalue weighted by atomic mass is 10.1. The van der Waals surface area contributed by atoms with Crippen LogP contribution < -0.4 is 0 Å². The van der Waals surface area contributed by atoms with Gasteiger partial charge in [0.05, 0.1) is 5.69 Å². The van der Waals surface area contributed by atoms with Gasteiger partial charge in [0, 0.05) is 24.2 Å². The second-order valence-electron chi connectivity index (χ2n) is 3.75. The average molecular weight is 209 g/mol. The average Bonchev–Trinajstić information content (AvgIpc) is 2.73. The summed E-state index contributed by atoms with van der Waals surface area (Å²) >= 11 is 0. The lowest BCUT2D eigenvalue weighted by Crippen LogP contribution is -1.91. The van der Waals surface area contributed by atoms with Gasteiger partial charge in [-0.3, -0.25) is 0 Å². The van der Waals surface area contributed by atoms with Crippen LogP contribution in [0.3, 0.4) is 0 Å². The third kappa shape index (κ3) is 1.29. The minimum Gasteiger partial charge on any atom is -0.335 e. The van der Waals surface area contributed by atoms with E-state index in [1.165, 1.54) is 0 Å². The molecule has 3 heteroatoms. The standard InChI is InChI=1S/C13H11N3/c1-16-8-7-11-12(14-9-15-13(11)16)10-5-3-2-4-6-10/h2-9H,1H3. The molecule has 3 aromatic rings. The number of nitrogens with zero attached hydrogens (tertiary/aromatic N) is 3. The highest BCUT2D eigenvalue weighted by molar-refractivity contribution is 5.90. The van der Waals surface area contributed by atoms with Gasteiger partial charge in [-0.15, -0.1) is 0 Å². The molecule has 0 unspecified atom stereocenters. The molecule has 3 rings (SSSR count). The van der Waals surface area contributed by atoms with Gasteiger partial charge in [0.1, 0.15) is 12.0 Å². The molecule has 2 aromatic heterocycles. The highest BCUT2D eigenvalue weighted by Crippen LogP contribution is 2.24. The van der Waals surface area contributed by atoms with E-state index in [0.717, 1.165) is 22.3 Å². The highest BCUT2D eigenvalue weighted by Gasteiger charge is 2.07. The summed E-state index contributed by atoms with van der Waals surface area (Å²) in [5.41, 5.74) is 3.08. The molecule has 2 heterocycles. The summed E-state index contributed by atoms with van der Waals surface area (Å²) in [6.07, 6.45) is 3.62.